The van der Waals surface area contributed by atoms with E-state index in [0.717, 1.165) is 62.7 Å². The van der Waals surface area contributed by atoms with Gasteiger partial charge in [0.05, 0.1) is 28.8 Å². The lowest BCUT2D eigenvalue weighted by molar-refractivity contribution is 0.296. The van der Waals surface area contributed by atoms with Crippen LogP contribution < -0.4 is 10.6 Å². The molecule has 1 aliphatic carbocycles. The van der Waals surface area contributed by atoms with Crippen molar-refractivity contribution in [3.05, 3.63) is 65.4 Å². The van der Waals surface area contributed by atoms with E-state index in [-0.39, 0.29) is 6.04 Å². The molecule has 1 aromatic heterocycles. The quantitative estimate of drug-likeness (QED) is 0.447. The van der Waals surface area contributed by atoms with Crippen LogP contribution in [0.2, 0.25) is 0 Å². The molecule has 3 heterocycles. The number of nitrogens with zero attached hydrogens (tertiary/aromatic N) is 4. The summed E-state index contributed by atoms with van der Waals surface area (Å²) in [6.07, 6.45) is 9.27. The topological polar surface area (TPSA) is 49.8 Å². The van der Waals surface area contributed by atoms with Gasteiger partial charge >= 0.3 is 0 Å². The first-order chi connectivity index (χ1) is 17.5. The molecule has 3 aromatic rings. The molecule has 3 aliphatic rings. The summed E-state index contributed by atoms with van der Waals surface area (Å²) >= 11 is 0. The largest absolute Gasteiger partial charge is 0.373 e. The lowest BCUT2D eigenvalue weighted by atomic mass is 9.96. The van der Waals surface area contributed by atoms with Crippen molar-refractivity contribution in [2.24, 2.45) is 16.6 Å². The number of para-hydroxylation sites is 1. The second kappa shape index (κ2) is 9.44. The molecule has 2 aliphatic heterocycles. The van der Waals surface area contributed by atoms with E-state index in [1.165, 1.54) is 58.2 Å². The number of rotatable bonds is 6. The Bertz CT molecular complexity index is 1330. The molecule has 1 saturated heterocycles. The predicted octanol–water partition coefficient (Wildman–Crippen LogP) is 5.89. The summed E-state index contributed by atoms with van der Waals surface area (Å²) in [5, 5.41) is 1.31. The molecular formula is C31H39N5. The summed E-state index contributed by atoms with van der Waals surface area (Å²) in [7, 11) is 2.20. The van der Waals surface area contributed by atoms with Crippen molar-refractivity contribution in [3.63, 3.8) is 0 Å². The van der Waals surface area contributed by atoms with Gasteiger partial charge < -0.3 is 20.1 Å². The van der Waals surface area contributed by atoms with Gasteiger partial charge in [0.1, 0.15) is 0 Å². The Balaban J connectivity index is 1.40. The van der Waals surface area contributed by atoms with E-state index in [1.54, 1.807) is 0 Å². The third-order valence-corrected chi connectivity index (χ3v) is 8.29. The first-order valence-electron chi connectivity index (χ1n) is 13.7. The molecule has 2 N–H and O–H groups in total. The normalized spacial score (nSPS) is 20.4. The van der Waals surface area contributed by atoms with Crippen LogP contribution in [-0.2, 0) is 13.0 Å². The summed E-state index contributed by atoms with van der Waals surface area (Å²) in [6, 6.07) is 13.7. The highest BCUT2D eigenvalue weighted by atomic mass is 15.2. The van der Waals surface area contributed by atoms with Gasteiger partial charge in [-0.1, -0.05) is 24.8 Å². The Morgan fingerprint density at radius 2 is 2.00 bits per heavy atom. The highest BCUT2D eigenvalue weighted by Crippen LogP contribution is 2.40. The van der Waals surface area contributed by atoms with Gasteiger partial charge in [0.25, 0.3) is 0 Å². The monoisotopic (exact) mass is 481 g/mol. The molecule has 2 fully saturated rings. The van der Waals surface area contributed by atoms with Crippen LogP contribution in [0.4, 0.5) is 11.4 Å². The van der Waals surface area contributed by atoms with Crippen LogP contribution >= 0.6 is 0 Å². The third-order valence-electron chi connectivity index (χ3n) is 8.29. The van der Waals surface area contributed by atoms with Crippen molar-refractivity contribution in [3.8, 4) is 0 Å². The Hall–Kier alpha value is -3.05. The van der Waals surface area contributed by atoms with Crippen molar-refractivity contribution < 1.29 is 0 Å². The van der Waals surface area contributed by atoms with Gasteiger partial charge in [-0.25, -0.2) is 0 Å². The smallest absolute Gasteiger partial charge is 0.0873 e. The number of benzene rings is 2. The van der Waals surface area contributed by atoms with Gasteiger partial charge in [0, 0.05) is 50.4 Å². The molecule has 36 heavy (non-hydrogen) atoms. The van der Waals surface area contributed by atoms with Crippen molar-refractivity contribution in [2.75, 3.05) is 31.6 Å². The fourth-order valence-corrected chi connectivity index (χ4v) is 6.16. The minimum atomic E-state index is 0.230. The van der Waals surface area contributed by atoms with Gasteiger partial charge in [0.15, 0.2) is 0 Å². The molecule has 0 spiro atoms. The number of hydrogen-bond donors (Lipinski definition) is 1. The summed E-state index contributed by atoms with van der Waals surface area (Å²) in [4.78, 5) is 9.93. The highest BCUT2D eigenvalue weighted by molar-refractivity contribution is 5.94. The first kappa shape index (κ1) is 23.4. The Morgan fingerprint density at radius 3 is 2.81 bits per heavy atom. The SMILES string of the molecule is C=C(c1cc2c(c(N=Cc3cc4cccc(C)c4n3CC3CC3)c1)N(C)CCC2)N1CCCC(N)C1. The number of hydrogen-bond acceptors (Lipinski definition) is 4. The van der Waals surface area contributed by atoms with E-state index < -0.39 is 0 Å². The molecule has 6 rings (SSSR count). The lowest BCUT2D eigenvalue weighted by Crippen LogP contribution is -2.41. The molecular weight excluding hydrogens is 442 g/mol. The van der Waals surface area contributed by atoms with Crippen LogP contribution in [-0.4, -0.2) is 48.4 Å². The molecule has 5 nitrogen and oxygen atoms in total. The standard InChI is InChI=1S/C31H39N5/c1-21-7-4-8-25-16-28(36(30(21)25)19-23-11-12-23)18-33-29-17-26(15-24-9-5-13-34(3)31(24)29)22(2)35-14-6-10-27(32)20-35/h4,7-8,15-18,23,27H,2,5-6,9-14,19-20,32H2,1,3H3. The maximum atomic E-state index is 6.29. The number of fused-ring (bicyclic) bond motifs is 2. The molecule has 1 saturated carbocycles. The van der Waals surface area contributed by atoms with Crippen molar-refractivity contribution in [1.82, 2.24) is 9.47 Å². The average molecular weight is 482 g/mol. The summed E-state index contributed by atoms with van der Waals surface area (Å²) in [5.41, 5.74) is 16.1. The van der Waals surface area contributed by atoms with Crippen LogP contribution in [0.5, 0.6) is 0 Å². The van der Waals surface area contributed by atoms with Crippen LogP contribution in [0.25, 0.3) is 16.6 Å². The lowest BCUT2D eigenvalue weighted by Gasteiger charge is -2.35. The number of aliphatic imine (C=N–C) groups is 1. The minimum absolute atomic E-state index is 0.230. The first-order valence-corrected chi connectivity index (χ1v) is 13.7. The molecule has 188 valence electrons. The van der Waals surface area contributed by atoms with Crippen LogP contribution in [0.3, 0.4) is 0 Å². The second-order valence-electron chi connectivity index (χ2n) is 11.2. The van der Waals surface area contributed by atoms with Gasteiger partial charge in [-0.15, -0.1) is 0 Å². The number of nitrogens with two attached hydrogens (primary N) is 1. The Labute approximate surface area is 215 Å². The molecule has 0 amide bonds. The zero-order valence-corrected chi connectivity index (χ0v) is 21.8. The molecule has 5 heteroatoms. The minimum Gasteiger partial charge on any atom is -0.373 e. The molecule has 1 atom stereocenters. The number of likely N-dealkylation sites (tertiary alicyclic amines) is 1. The van der Waals surface area contributed by atoms with Gasteiger partial charge in [-0.2, -0.15) is 0 Å². The number of piperidine rings is 1. The van der Waals surface area contributed by atoms with Gasteiger partial charge in [-0.05, 0) is 86.3 Å². The molecule has 0 radical (unpaired) electrons. The number of aryl methyl sites for hydroxylation is 2. The second-order valence-corrected chi connectivity index (χ2v) is 11.2. The predicted molar refractivity (Wildman–Crippen MR) is 153 cm³/mol. The molecule has 0 bridgehead atoms. The Kier molecular flexibility index (Phi) is 6.12. The molecule has 1 unspecified atom stereocenters. The van der Waals surface area contributed by atoms with E-state index in [2.05, 4.69) is 77.5 Å². The third kappa shape index (κ3) is 4.45. The summed E-state index contributed by atoms with van der Waals surface area (Å²) in [6.45, 7) is 10.8. The van der Waals surface area contributed by atoms with E-state index in [4.69, 9.17) is 10.7 Å². The maximum Gasteiger partial charge on any atom is 0.0873 e. The van der Waals surface area contributed by atoms with E-state index in [1.807, 2.05) is 0 Å². The number of anilines is 1. The summed E-state index contributed by atoms with van der Waals surface area (Å²) < 4.78 is 2.50. The van der Waals surface area contributed by atoms with Crippen LogP contribution in [0.1, 0.15) is 54.5 Å². The van der Waals surface area contributed by atoms with E-state index >= 15 is 0 Å². The zero-order valence-electron chi connectivity index (χ0n) is 21.8. The molecule has 2 aromatic carbocycles. The van der Waals surface area contributed by atoms with Crippen molar-refractivity contribution in [2.45, 2.75) is 58.0 Å². The fraction of sp³-hybridized carbons (Fsp3) is 0.452. The van der Waals surface area contributed by atoms with Gasteiger partial charge in [-0.3, -0.25) is 4.99 Å². The van der Waals surface area contributed by atoms with Crippen LogP contribution in [0, 0.1) is 12.8 Å². The Morgan fingerprint density at radius 1 is 1.14 bits per heavy atom. The zero-order chi connectivity index (χ0) is 24.8. The fourth-order valence-electron chi connectivity index (χ4n) is 6.16. The van der Waals surface area contributed by atoms with E-state index in [9.17, 15) is 0 Å². The van der Waals surface area contributed by atoms with Crippen LogP contribution in [0.15, 0.2) is 48.0 Å². The summed E-state index contributed by atoms with van der Waals surface area (Å²) in [5.74, 6) is 0.800. The average Bonchev–Trinajstić information content (AvgIpc) is 3.62. The van der Waals surface area contributed by atoms with E-state index in [0.29, 0.717) is 0 Å². The number of aromatic nitrogens is 1. The van der Waals surface area contributed by atoms with Crippen molar-refractivity contribution >= 4 is 34.2 Å². The highest BCUT2D eigenvalue weighted by Gasteiger charge is 2.25. The maximum absolute atomic E-state index is 6.29. The van der Waals surface area contributed by atoms with Crippen molar-refractivity contribution in [1.29, 1.82) is 0 Å². The van der Waals surface area contributed by atoms with Gasteiger partial charge in [0.2, 0.25) is 0 Å².